The number of ketones is 1. The number of benzene rings is 1. The molecule has 0 saturated carbocycles. The highest BCUT2D eigenvalue weighted by molar-refractivity contribution is 6.32. The first kappa shape index (κ1) is 23.2. The highest BCUT2D eigenvalue weighted by Gasteiger charge is 2.20. The van der Waals surface area contributed by atoms with E-state index in [9.17, 15) is 4.79 Å². The minimum Gasteiger partial charge on any atom is -0.487 e. The molecule has 5 heteroatoms. The van der Waals surface area contributed by atoms with Crippen molar-refractivity contribution >= 4 is 17.4 Å². The molecule has 1 aromatic heterocycles. The Kier molecular flexibility index (Phi) is 8.51. The van der Waals surface area contributed by atoms with Gasteiger partial charge in [-0.05, 0) is 24.8 Å². The number of carbonyl (C=O) groups is 1. The van der Waals surface area contributed by atoms with Gasteiger partial charge < -0.3 is 9.47 Å². The summed E-state index contributed by atoms with van der Waals surface area (Å²) >= 11 is 6.36. The van der Waals surface area contributed by atoms with Crippen molar-refractivity contribution in [1.29, 1.82) is 0 Å². The minimum absolute atomic E-state index is 0.0757. The zero-order valence-electron chi connectivity index (χ0n) is 18.3. The predicted octanol–water partition coefficient (Wildman–Crippen LogP) is 6.45. The molecule has 2 aromatic rings. The summed E-state index contributed by atoms with van der Waals surface area (Å²) in [5.41, 5.74) is 3.45. The van der Waals surface area contributed by atoms with Crippen molar-refractivity contribution in [3.8, 4) is 11.6 Å². The number of aromatic nitrogens is 1. The van der Waals surface area contributed by atoms with Gasteiger partial charge >= 0.3 is 0 Å². The predicted molar refractivity (Wildman–Crippen MR) is 118 cm³/mol. The lowest BCUT2D eigenvalue weighted by molar-refractivity contribution is 0.0936. The molecule has 0 bridgehead atoms. The van der Waals surface area contributed by atoms with Gasteiger partial charge in [-0.3, -0.25) is 4.79 Å². The average Bonchev–Trinajstić information content (AvgIpc) is 2.71. The third kappa shape index (κ3) is 5.72. The van der Waals surface area contributed by atoms with Gasteiger partial charge in [0.25, 0.3) is 0 Å². The lowest BCUT2D eigenvalue weighted by Crippen LogP contribution is -2.15. The van der Waals surface area contributed by atoms with Gasteiger partial charge in [0.05, 0.1) is 18.4 Å². The molecule has 0 aliphatic heterocycles. The molecular weight excluding hydrogens is 386 g/mol. The first-order valence-electron chi connectivity index (χ1n) is 10.4. The summed E-state index contributed by atoms with van der Waals surface area (Å²) in [5.74, 6) is 1.58. The molecule has 1 atom stereocenters. The van der Waals surface area contributed by atoms with Gasteiger partial charge in [-0.15, -0.1) is 0 Å². The number of ether oxygens (including phenoxy) is 2. The Labute approximate surface area is 179 Å². The van der Waals surface area contributed by atoms with Gasteiger partial charge in [-0.1, -0.05) is 70.8 Å². The van der Waals surface area contributed by atoms with E-state index in [2.05, 4.69) is 25.8 Å². The van der Waals surface area contributed by atoms with Crippen molar-refractivity contribution in [2.75, 3.05) is 6.61 Å². The third-order valence-electron chi connectivity index (χ3n) is 5.14. The molecule has 0 N–H and O–H groups in total. The molecule has 0 spiro atoms. The lowest BCUT2D eigenvalue weighted by atomic mass is 9.91. The van der Waals surface area contributed by atoms with Gasteiger partial charge in [0.2, 0.25) is 5.88 Å². The molecule has 1 unspecified atom stereocenters. The molecule has 0 saturated heterocycles. The molecule has 0 aliphatic carbocycles. The molecular formula is C24H32ClNO3. The van der Waals surface area contributed by atoms with Crippen LogP contribution in [0.1, 0.15) is 68.1 Å². The fourth-order valence-corrected chi connectivity index (χ4v) is 3.28. The van der Waals surface area contributed by atoms with E-state index >= 15 is 0 Å². The largest absolute Gasteiger partial charge is 0.487 e. The van der Waals surface area contributed by atoms with Crippen LogP contribution in [0.4, 0.5) is 0 Å². The topological polar surface area (TPSA) is 48.4 Å². The fraction of sp³-hybridized carbons (Fsp3) is 0.500. The van der Waals surface area contributed by atoms with Crippen LogP contribution in [-0.2, 0) is 13.0 Å². The molecule has 0 radical (unpaired) electrons. The molecule has 158 valence electrons. The van der Waals surface area contributed by atoms with Crippen molar-refractivity contribution < 1.29 is 14.3 Å². The Bertz CT molecular complexity index is 848. The van der Waals surface area contributed by atoms with Crippen LogP contribution in [0.2, 0.25) is 5.02 Å². The second-order valence-electron chi connectivity index (χ2n) is 7.80. The SMILES string of the molecule is CCc1cccc(COc2c(Cl)cnc(OCC(C)CC)c2C)c1C(=O)C(C)C. The summed E-state index contributed by atoms with van der Waals surface area (Å²) in [6.45, 7) is 12.9. The quantitative estimate of drug-likeness (QED) is 0.417. The van der Waals surface area contributed by atoms with E-state index in [0.717, 1.165) is 35.1 Å². The van der Waals surface area contributed by atoms with Gasteiger partial charge in [0, 0.05) is 17.0 Å². The third-order valence-corrected chi connectivity index (χ3v) is 5.40. The average molecular weight is 418 g/mol. The van der Waals surface area contributed by atoms with Crippen LogP contribution in [0.25, 0.3) is 0 Å². The van der Waals surface area contributed by atoms with Crippen molar-refractivity contribution in [3.05, 3.63) is 51.7 Å². The van der Waals surface area contributed by atoms with Crippen molar-refractivity contribution in [1.82, 2.24) is 4.98 Å². The second-order valence-corrected chi connectivity index (χ2v) is 8.21. The van der Waals surface area contributed by atoms with Crippen molar-refractivity contribution in [2.24, 2.45) is 11.8 Å². The van der Waals surface area contributed by atoms with E-state index in [1.54, 1.807) is 6.20 Å². The summed E-state index contributed by atoms with van der Waals surface area (Å²) in [6, 6.07) is 5.92. The Morgan fingerprint density at radius 3 is 2.45 bits per heavy atom. The number of nitrogens with zero attached hydrogens (tertiary/aromatic N) is 1. The second kappa shape index (κ2) is 10.6. The number of aryl methyl sites for hydroxylation is 1. The van der Waals surface area contributed by atoms with Gasteiger partial charge in [0.15, 0.2) is 5.78 Å². The monoisotopic (exact) mass is 417 g/mol. The summed E-state index contributed by atoms with van der Waals surface area (Å²) < 4.78 is 12.0. The molecule has 0 aliphatic rings. The number of carbonyl (C=O) groups excluding carboxylic acids is 1. The van der Waals surface area contributed by atoms with Crippen LogP contribution in [0, 0.1) is 18.8 Å². The first-order chi connectivity index (χ1) is 13.8. The number of Topliss-reactive ketones (excluding diaryl/α,β-unsaturated/α-hetero) is 1. The molecule has 1 heterocycles. The molecule has 0 fully saturated rings. The normalized spacial score (nSPS) is 12.1. The van der Waals surface area contributed by atoms with Gasteiger partial charge in [0.1, 0.15) is 17.4 Å². The van der Waals surface area contributed by atoms with Crippen LogP contribution < -0.4 is 9.47 Å². The zero-order valence-corrected chi connectivity index (χ0v) is 19.1. The van der Waals surface area contributed by atoms with Gasteiger partial charge in [-0.25, -0.2) is 4.98 Å². The molecule has 0 amide bonds. The lowest BCUT2D eigenvalue weighted by Gasteiger charge is -2.18. The fourth-order valence-electron chi connectivity index (χ4n) is 3.03. The highest BCUT2D eigenvalue weighted by Crippen LogP contribution is 2.34. The Hall–Kier alpha value is -2.07. The number of rotatable bonds is 10. The van der Waals surface area contributed by atoms with Crippen molar-refractivity contribution in [3.63, 3.8) is 0 Å². The summed E-state index contributed by atoms with van der Waals surface area (Å²) in [4.78, 5) is 17.1. The molecule has 29 heavy (non-hydrogen) atoms. The van der Waals surface area contributed by atoms with E-state index in [1.807, 2.05) is 39.0 Å². The van der Waals surface area contributed by atoms with Crippen LogP contribution in [0.15, 0.2) is 24.4 Å². The number of hydrogen-bond acceptors (Lipinski definition) is 4. The van der Waals surface area contributed by atoms with E-state index in [0.29, 0.717) is 29.2 Å². The summed E-state index contributed by atoms with van der Waals surface area (Å²) in [6.07, 6.45) is 3.39. The van der Waals surface area contributed by atoms with Crippen LogP contribution in [0.5, 0.6) is 11.6 Å². The number of pyridine rings is 1. The Morgan fingerprint density at radius 1 is 1.14 bits per heavy atom. The molecule has 4 nitrogen and oxygen atoms in total. The maximum atomic E-state index is 12.8. The smallest absolute Gasteiger partial charge is 0.220 e. The molecule has 1 aromatic carbocycles. The zero-order chi connectivity index (χ0) is 21.6. The van der Waals surface area contributed by atoms with Crippen LogP contribution >= 0.6 is 11.6 Å². The maximum absolute atomic E-state index is 12.8. The van der Waals surface area contributed by atoms with E-state index in [4.69, 9.17) is 21.1 Å². The highest BCUT2D eigenvalue weighted by atomic mass is 35.5. The van der Waals surface area contributed by atoms with E-state index in [1.165, 1.54) is 0 Å². The minimum atomic E-state index is -0.0757. The van der Waals surface area contributed by atoms with Gasteiger partial charge in [-0.2, -0.15) is 0 Å². The molecule has 2 rings (SSSR count). The van der Waals surface area contributed by atoms with Crippen molar-refractivity contribution in [2.45, 2.75) is 61.0 Å². The number of hydrogen-bond donors (Lipinski definition) is 0. The first-order valence-corrected chi connectivity index (χ1v) is 10.7. The summed E-state index contributed by atoms with van der Waals surface area (Å²) in [5, 5.41) is 0.432. The van der Waals surface area contributed by atoms with E-state index < -0.39 is 0 Å². The van der Waals surface area contributed by atoms with Crippen LogP contribution in [-0.4, -0.2) is 17.4 Å². The van der Waals surface area contributed by atoms with E-state index in [-0.39, 0.29) is 18.3 Å². The Morgan fingerprint density at radius 2 is 1.83 bits per heavy atom. The standard InChI is InChI=1S/C24H32ClNO3/c1-7-16(5)13-29-24-17(6)23(20(25)12-26-24)28-14-19-11-9-10-18(8-2)21(19)22(27)15(3)4/h9-12,15-16H,7-8,13-14H2,1-6H3. The maximum Gasteiger partial charge on any atom is 0.220 e. The van der Waals surface area contributed by atoms with Crippen LogP contribution in [0.3, 0.4) is 0 Å². The summed E-state index contributed by atoms with van der Waals surface area (Å²) in [7, 11) is 0. The number of halogens is 1. The Balaban J connectivity index is 2.29.